The molecule has 1 aliphatic heterocycles. The van der Waals surface area contributed by atoms with Crippen molar-refractivity contribution < 1.29 is 13.6 Å². The van der Waals surface area contributed by atoms with Crippen LogP contribution in [0.1, 0.15) is 25.8 Å². The summed E-state index contributed by atoms with van der Waals surface area (Å²) in [4.78, 5) is 17.6. The van der Waals surface area contributed by atoms with E-state index >= 15 is 0 Å². The maximum absolute atomic E-state index is 14.1. The minimum Gasteiger partial charge on any atom is -0.365 e. The van der Waals surface area contributed by atoms with Crippen LogP contribution in [0.5, 0.6) is 0 Å². The summed E-state index contributed by atoms with van der Waals surface area (Å²) < 4.78 is 28.1. The maximum Gasteiger partial charge on any atom is 0.221 e. The molecule has 1 amide bonds. The Morgan fingerprint density at radius 3 is 2.58 bits per heavy atom. The molecule has 3 N–H and O–H groups in total. The maximum atomic E-state index is 14.1. The minimum absolute atomic E-state index is 0. The normalized spacial score (nSPS) is 15.9. The molecule has 0 spiro atoms. The Hall–Kier alpha value is -2.43. The number of hydrogen-bond donors (Lipinski definition) is 3. The molecule has 1 fully saturated rings. The Bertz CT molecular complexity index is 904. The topological polar surface area (TPSA) is 68.8 Å². The molecule has 6 nitrogen and oxygen atoms in total. The van der Waals surface area contributed by atoms with Gasteiger partial charge in [0.15, 0.2) is 5.96 Å². The van der Waals surface area contributed by atoms with Gasteiger partial charge in [-0.1, -0.05) is 18.2 Å². The van der Waals surface area contributed by atoms with Gasteiger partial charge < -0.3 is 20.9 Å². The smallest absolute Gasteiger partial charge is 0.221 e. The number of para-hydroxylation sites is 1. The van der Waals surface area contributed by atoms with E-state index in [1.165, 1.54) is 25.1 Å². The molecule has 3 rings (SSSR count). The van der Waals surface area contributed by atoms with Crippen LogP contribution in [0, 0.1) is 11.6 Å². The van der Waals surface area contributed by atoms with Crippen molar-refractivity contribution in [2.45, 2.75) is 32.9 Å². The van der Waals surface area contributed by atoms with E-state index in [0.29, 0.717) is 32.1 Å². The molecule has 1 saturated heterocycles. The second-order valence-corrected chi connectivity index (χ2v) is 7.22. The number of guanidine groups is 1. The number of anilines is 2. The second kappa shape index (κ2) is 11.8. The molecule has 9 heteroatoms. The monoisotopic (exact) mass is 543 g/mol. The fourth-order valence-electron chi connectivity index (χ4n) is 3.51. The summed E-state index contributed by atoms with van der Waals surface area (Å²) in [7, 11) is 0. The van der Waals surface area contributed by atoms with Gasteiger partial charge in [-0.15, -0.1) is 24.0 Å². The highest BCUT2D eigenvalue weighted by Gasteiger charge is 2.27. The van der Waals surface area contributed by atoms with Crippen LogP contribution in [0.3, 0.4) is 0 Å². The van der Waals surface area contributed by atoms with Crippen molar-refractivity contribution in [2.75, 3.05) is 29.9 Å². The Kier molecular flexibility index (Phi) is 9.47. The van der Waals surface area contributed by atoms with Gasteiger partial charge in [0, 0.05) is 38.3 Å². The van der Waals surface area contributed by atoms with E-state index in [1.807, 2.05) is 31.2 Å². The summed E-state index contributed by atoms with van der Waals surface area (Å²) in [6, 6.07) is 11.5. The quantitative estimate of drug-likeness (QED) is 0.294. The zero-order valence-electron chi connectivity index (χ0n) is 17.6. The molecule has 31 heavy (non-hydrogen) atoms. The van der Waals surface area contributed by atoms with Crippen LogP contribution in [0.2, 0.25) is 0 Å². The summed E-state index contributed by atoms with van der Waals surface area (Å²) in [5.74, 6) is -0.573. The molecular weight excluding hydrogens is 515 g/mol. The van der Waals surface area contributed by atoms with Crippen LogP contribution >= 0.6 is 24.0 Å². The highest BCUT2D eigenvalue weighted by Crippen LogP contribution is 2.26. The number of nitrogens with one attached hydrogen (secondary N) is 3. The van der Waals surface area contributed by atoms with Crippen LogP contribution in [0.25, 0.3) is 0 Å². The molecule has 0 radical (unpaired) electrons. The zero-order chi connectivity index (χ0) is 21.5. The molecule has 0 bridgehead atoms. The van der Waals surface area contributed by atoms with Crippen molar-refractivity contribution in [3.8, 4) is 0 Å². The van der Waals surface area contributed by atoms with Crippen LogP contribution < -0.4 is 20.9 Å². The zero-order valence-corrected chi connectivity index (χ0v) is 20.0. The van der Waals surface area contributed by atoms with E-state index in [0.717, 1.165) is 17.7 Å². The van der Waals surface area contributed by atoms with E-state index in [2.05, 4.69) is 20.9 Å². The Balaban J connectivity index is 0.00000341. The van der Waals surface area contributed by atoms with Gasteiger partial charge in [-0.3, -0.25) is 4.79 Å². The fourth-order valence-corrected chi connectivity index (χ4v) is 3.51. The van der Waals surface area contributed by atoms with E-state index in [-0.39, 0.29) is 41.6 Å². The van der Waals surface area contributed by atoms with E-state index in [1.54, 1.807) is 4.90 Å². The van der Waals surface area contributed by atoms with Gasteiger partial charge in [-0.05, 0) is 43.2 Å². The third kappa shape index (κ3) is 7.05. The highest BCUT2D eigenvalue weighted by molar-refractivity contribution is 14.0. The van der Waals surface area contributed by atoms with E-state index < -0.39 is 11.6 Å². The number of amides is 1. The van der Waals surface area contributed by atoms with Gasteiger partial charge >= 0.3 is 0 Å². The fraction of sp³-hybridized carbons (Fsp3) is 0.364. The predicted octanol–water partition coefficient (Wildman–Crippen LogP) is 3.88. The van der Waals surface area contributed by atoms with Gasteiger partial charge in [-0.2, -0.15) is 0 Å². The SMILES string of the molecule is CCNC(=NCc1cccc(NC(C)=O)c1)NC1CCN(c2c(F)cccc2F)C1.I. The summed E-state index contributed by atoms with van der Waals surface area (Å²) in [6.45, 7) is 5.62. The van der Waals surface area contributed by atoms with Gasteiger partial charge in [0.1, 0.15) is 17.3 Å². The third-order valence-electron chi connectivity index (χ3n) is 4.79. The number of halogens is 3. The summed E-state index contributed by atoms with van der Waals surface area (Å²) in [6.07, 6.45) is 0.746. The molecule has 0 saturated carbocycles. The van der Waals surface area contributed by atoms with Crippen molar-refractivity contribution in [3.63, 3.8) is 0 Å². The number of hydrogen-bond acceptors (Lipinski definition) is 3. The first kappa shape index (κ1) is 24.8. The predicted molar refractivity (Wildman–Crippen MR) is 131 cm³/mol. The van der Waals surface area contributed by atoms with E-state index in [4.69, 9.17) is 0 Å². The van der Waals surface area contributed by atoms with Gasteiger partial charge in [-0.25, -0.2) is 13.8 Å². The van der Waals surface area contributed by atoms with Crippen molar-refractivity contribution in [3.05, 3.63) is 59.7 Å². The number of aliphatic imine (C=N–C) groups is 1. The average molecular weight is 543 g/mol. The van der Waals surface area contributed by atoms with Gasteiger partial charge in [0.05, 0.1) is 6.54 Å². The number of carbonyl (C=O) groups is 1. The van der Waals surface area contributed by atoms with Crippen molar-refractivity contribution in [2.24, 2.45) is 4.99 Å². The third-order valence-corrected chi connectivity index (χ3v) is 4.79. The standard InChI is InChI=1S/C22H27F2N5O.HI/c1-3-25-22(26-13-16-6-4-7-17(12-16)27-15(2)30)28-18-10-11-29(14-18)21-19(23)8-5-9-20(21)24;/h4-9,12,18H,3,10-11,13-14H2,1-2H3,(H,27,30)(H2,25,26,28);1H. The van der Waals surface area contributed by atoms with Gasteiger partial charge in [0.2, 0.25) is 5.91 Å². The number of benzene rings is 2. The first-order valence-electron chi connectivity index (χ1n) is 10.1. The van der Waals surface area contributed by atoms with Crippen molar-refractivity contribution in [1.29, 1.82) is 0 Å². The lowest BCUT2D eigenvalue weighted by molar-refractivity contribution is -0.114. The Morgan fingerprint density at radius 2 is 1.90 bits per heavy atom. The van der Waals surface area contributed by atoms with Crippen LogP contribution in [0.15, 0.2) is 47.5 Å². The first-order chi connectivity index (χ1) is 14.5. The Morgan fingerprint density at radius 1 is 1.19 bits per heavy atom. The molecular formula is C22H28F2IN5O. The van der Waals surface area contributed by atoms with E-state index in [9.17, 15) is 13.6 Å². The number of carbonyl (C=O) groups excluding carboxylic acids is 1. The molecule has 1 aliphatic rings. The molecule has 168 valence electrons. The largest absolute Gasteiger partial charge is 0.365 e. The molecule has 1 unspecified atom stereocenters. The van der Waals surface area contributed by atoms with Crippen LogP contribution in [-0.4, -0.2) is 37.5 Å². The summed E-state index contributed by atoms with van der Waals surface area (Å²) in [5.41, 5.74) is 1.71. The molecule has 2 aromatic carbocycles. The lowest BCUT2D eigenvalue weighted by Crippen LogP contribution is -2.44. The highest BCUT2D eigenvalue weighted by atomic mass is 127. The molecule has 1 heterocycles. The molecule has 1 atom stereocenters. The molecule has 2 aromatic rings. The second-order valence-electron chi connectivity index (χ2n) is 7.22. The van der Waals surface area contributed by atoms with Gasteiger partial charge in [0.25, 0.3) is 0 Å². The van der Waals surface area contributed by atoms with Crippen LogP contribution in [0.4, 0.5) is 20.2 Å². The van der Waals surface area contributed by atoms with Crippen LogP contribution in [-0.2, 0) is 11.3 Å². The first-order valence-corrected chi connectivity index (χ1v) is 10.1. The summed E-state index contributed by atoms with van der Waals surface area (Å²) in [5, 5.41) is 9.32. The molecule has 0 aromatic heterocycles. The number of nitrogens with zero attached hydrogens (tertiary/aromatic N) is 2. The Labute approximate surface area is 198 Å². The molecule has 0 aliphatic carbocycles. The van der Waals surface area contributed by atoms with Crippen molar-refractivity contribution in [1.82, 2.24) is 10.6 Å². The lowest BCUT2D eigenvalue weighted by Gasteiger charge is -2.21. The lowest BCUT2D eigenvalue weighted by atomic mass is 10.2. The van der Waals surface area contributed by atoms with Crippen molar-refractivity contribution >= 4 is 47.2 Å². The summed E-state index contributed by atoms with van der Waals surface area (Å²) >= 11 is 0. The minimum atomic E-state index is -0.546. The average Bonchev–Trinajstić information content (AvgIpc) is 3.14. The number of rotatable bonds is 6.